The summed E-state index contributed by atoms with van der Waals surface area (Å²) in [6.07, 6.45) is 5.12. The second kappa shape index (κ2) is 5.31. The number of nitriles is 1. The lowest BCUT2D eigenvalue weighted by molar-refractivity contribution is -0.0590. The van der Waals surface area contributed by atoms with E-state index in [2.05, 4.69) is 39.1 Å². The zero-order valence-corrected chi connectivity index (χ0v) is 13.8. The molecule has 0 aromatic carbocycles. The second-order valence-electron chi connectivity index (χ2n) is 7.78. The van der Waals surface area contributed by atoms with Crippen molar-refractivity contribution >= 4 is 0 Å². The number of ether oxygens (including phenoxy) is 1. The van der Waals surface area contributed by atoms with Gasteiger partial charge in [-0.25, -0.2) is 0 Å². The molecule has 2 saturated carbocycles. The molecule has 2 aliphatic rings. The van der Waals surface area contributed by atoms with Gasteiger partial charge in [0.2, 0.25) is 0 Å². The van der Waals surface area contributed by atoms with E-state index in [0.29, 0.717) is 18.1 Å². The van der Waals surface area contributed by atoms with Crippen LogP contribution >= 0.6 is 0 Å². The van der Waals surface area contributed by atoms with Gasteiger partial charge in [0, 0.05) is 0 Å². The van der Waals surface area contributed by atoms with Crippen LogP contribution in [0.1, 0.15) is 60.3 Å². The van der Waals surface area contributed by atoms with E-state index in [-0.39, 0.29) is 5.41 Å². The Labute approximate surface area is 124 Å². The molecule has 4 unspecified atom stereocenters. The highest BCUT2D eigenvalue weighted by Gasteiger charge is 2.62. The van der Waals surface area contributed by atoms with Gasteiger partial charge in [-0.3, -0.25) is 5.32 Å². The van der Waals surface area contributed by atoms with Crippen molar-refractivity contribution < 1.29 is 4.74 Å². The zero-order chi connectivity index (χ0) is 15.0. The van der Waals surface area contributed by atoms with E-state index in [9.17, 15) is 5.26 Å². The molecule has 1 N–H and O–H groups in total. The first-order valence-corrected chi connectivity index (χ1v) is 8.07. The van der Waals surface area contributed by atoms with E-state index in [4.69, 9.17) is 4.74 Å². The molecule has 0 amide bonds. The summed E-state index contributed by atoms with van der Waals surface area (Å²) in [5, 5.41) is 12.7. The average molecular weight is 278 g/mol. The molecule has 20 heavy (non-hydrogen) atoms. The Bertz CT molecular complexity index is 400. The van der Waals surface area contributed by atoms with Crippen molar-refractivity contribution in [1.29, 1.82) is 5.26 Å². The molecule has 0 spiro atoms. The normalized spacial score (nSPS) is 37.6. The Kier molecular flexibility index (Phi) is 4.19. The summed E-state index contributed by atoms with van der Waals surface area (Å²) in [4.78, 5) is 0. The fourth-order valence-electron chi connectivity index (χ4n) is 4.17. The van der Waals surface area contributed by atoms with Gasteiger partial charge in [0.15, 0.2) is 0 Å². The maximum atomic E-state index is 9.39. The quantitative estimate of drug-likeness (QED) is 0.809. The van der Waals surface area contributed by atoms with Gasteiger partial charge in [0.1, 0.15) is 5.54 Å². The highest BCUT2D eigenvalue weighted by molar-refractivity contribution is 5.12. The van der Waals surface area contributed by atoms with Gasteiger partial charge in [-0.15, -0.1) is 0 Å². The molecular weight excluding hydrogens is 248 g/mol. The van der Waals surface area contributed by atoms with Crippen molar-refractivity contribution in [3.8, 4) is 6.07 Å². The van der Waals surface area contributed by atoms with E-state index in [1.54, 1.807) is 0 Å². The number of hydrogen-bond acceptors (Lipinski definition) is 3. The van der Waals surface area contributed by atoms with Crippen LogP contribution in [0.3, 0.4) is 0 Å². The lowest BCUT2D eigenvalue weighted by Gasteiger charge is -2.39. The summed E-state index contributed by atoms with van der Waals surface area (Å²) in [5.41, 5.74) is 0.0920. The third-order valence-corrected chi connectivity index (χ3v) is 6.30. The number of rotatable bonds is 6. The summed E-state index contributed by atoms with van der Waals surface area (Å²) in [6.45, 7) is 12.6. The van der Waals surface area contributed by atoms with E-state index < -0.39 is 5.54 Å². The van der Waals surface area contributed by atoms with Crippen molar-refractivity contribution in [3.05, 3.63) is 0 Å². The fraction of sp³-hybridized carbons (Fsp3) is 0.941. The molecule has 0 aromatic heterocycles. The van der Waals surface area contributed by atoms with Crippen LogP contribution in [0, 0.1) is 28.1 Å². The summed E-state index contributed by atoms with van der Waals surface area (Å²) in [7, 11) is 0. The SMILES string of the molecule is CCCNC(C)(C#N)COC1CC2CCC1(C)C2(C)C. The molecule has 3 heteroatoms. The Morgan fingerprint density at radius 2 is 2.10 bits per heavy atom. The average Bonchev–Trinajstić information content (AvgIpc) is 2.75. The molecule has 3 nitrogen and oxygen atoms in total. The van der Waals surface area contributed by atoms with Crippen LogP contribution in [-0.2, 0) is 4.74 Å². The molecule has 0 aromatic rings. The zero-order valence-electron chi connectivity index (χ0n) is 13.8. The van der Waals surface area contributed by atoms with Crippen LogP contribution in [-0.4, -0.2) is 24.8 Å². The minimum Gasteiger partial charge on any atom is -0.375 e. The van der Waals surface area contributed by atoms with Crippen LogP contribution in [0.15, 0.2) is 0 Å². The molecule has 4 atom stereocenters. The molecule has 0 heterocycles. The lowest BCUT2D eigenvalue weighted by Crippen LogP contribution is -2.48. The molecule has 0 saturated heterocycles. The van der Waals surface area contributed by atoms with Gasteiger partial charge in [-0.1, -0.05) is 27.7 Å². The summed E-state index contributed by atoms with van der Waals surface area (Å²) >= 11 is 0. The van der Waals surface area contributed by atoms with Crippen LogP contribution in [0.4, 0.5) is 0 Å². The predicted molar refractivity (Wildman–Crippen MR) is 81.3 cm³/mol. The molecule has 0 radical (unpaired) electrons. The highest BCUT2D eigenvalue weighted by Crippen LogP contribution is 2.66. The van der Waals surface area contributed by atoms with Gasteiger partial charge in [0.05, 0.1) is 18.8 Å². The largest absolute Gasteiger partial charge is 0.375 e. The van der Waals surface area contributed by atoms with Crippen molar-refractivity contribution in [3.63, 3.8) is 0 Å². The van der Waals surface area contributed by atoms with E-state index in [1.807, 2.05) is 6.92 Å². The van der Waals surface area contributed by atoms with Crippen LogP contribution in [0.25, 0.3) is 0 Å². The smallest absolute Gasteiger partial charge is 0.127 e. The Hall–Kier alpha value is -0.590. The second-order valence-corrected chi connectivity index (χ2v) is 7.78. The Balaban J connectivity index is 1.97. The molecular formula is C17H30N2O. The number of hydrogen-bond donors (Lipinski definition) is 1. The Morgan fingerprint density at radius 1 is 1.40 bits per heavy atom. The maximum Gasteiger partial charge on any atom is 0.127 e. The van der Waals surface area contributed by atoms with Crippen LogP contribution < -0.4 is 5.32 Å². The summed E-state index contributed by atoms with van der Waals surface area (Å²) < 4.78 is 6.24. The van der Waals surface area contributed by atoms with E-state index in [0.717, 1.165) is 18.9 Å². The fourth-order valence-corrected chi connectivity index (χ4v) is 4.17. The third-order valence-electron chi connectivity index (χ3n) is 6.30. The first kappa shape index (κ1) is 15.8. The topological polar surface area (TPSA) is 45.0 Å². The first-order valence-electron chi connectivity index (χ1n) is 8.07. The highest BCUT2D eigenvalue weighted by atomic mass is 16.5. The van der Waals surface area contributed by atoms with Crippen LogP contribution in [0.2, 0.25) is 0 Å². The van der Waals surface area contributed by atoms with Crippen LogP contribution in [0.5, 0.6) is 0 Å². The van der Waals surface area contributed by atoms with E-state index >= 15 is 0 Å². The monoisotopic (exact) mass is 278 g/mol. The van der Waals surface area contributed by atoms with Gasteiger partial charge in [-0.2, -0.15) is 5.26 Å². The predicted octanol–water partition coefficient (Wildman–Crippen LogP) is 3.50. The van der Waals surface area contributed by atoms with Gasteiger partial charge < -0.3 is 4.74 Å². The third kappa shape index (κ3) is 2.38. The summed E-state index contributed by atoms with van der Waals surface area (Å²) in [6, 6.07) is 2.38. The van der Waals surface area contributed by atoms with Gasteiger partial charge >= 0.3 is 0 Å². The van der Waals surface area contributed by atoms with Crippen molar-refractivity contribution in [1.82, 2.24) is 5.32 Å². The lowest BCUT2D eigenvalue weighted by atomic mass is 9.70. The van der Waals surface area contributed by atoms with Gasteiger partial charge in [0.25, 0.3) is 0 Å². The number of nitrogens with zero attached hydrogens (tertiary/aromatic N) is 1. The number of fused-ring (bicyclic) bond motifs is 2. The molecule has 2 rings (SSSR count). The minimum absolute atomic E-state index is 0.277. The molecule has 2 aliphatic carbocycles. The molecule has 114 valence electrons. The van der Waals surface area contributed by atoms with E-state index in [1.165, 1.54) is 19.3 Å². The number of nitrogens with one attached hydrogen (secondary N) is 1. The van der Waals surface area contributed by atoms with Crippen molar-refractivity contribution in [2.75, 3.05) is 13.2 Å². The molecule has 2 fully saturated rings. The minimum atomic E-state index is -0.557. The summed E-state index contributed by atoms with van der Waals surface area (Å²) in [5.74, 6) is 0.787. The molecule has 2 bridgehead atoms. The molecule has 0 aliphatic heterocycles. The maximum absolute atomic E-state index is 9.39. The van der Waals surface area contributed by atoms with Crippen molar-refractivity contribution in [2.24, 2.45) is 16.7 Å². The Morgan fingerprint density at radius 3 is 2.55 bits per heavy atom. The standard InChI is InChI=1S/C17H30N2O/c1-6-9-19-16(4,11-18)12-20-14-10-13-7-8-17(14,5)15(13,2)3/h13-14,19H,6-10,12H2,1-5H3. The first-order chi connectivity index (χ1) is 9.29. The van der Waals surface area contributed by atoms with Gasteiger partial charge in [-0.05, 0) is 55.9 Å². The van der Waals surface area contributed by atoms with Crippen molar-refractivity contribution in [2.45, 2.75) is 71.9 Å².